The van der Waals surface area contributed by atoms with Crippen molar-refractivity contribution < 1.29 is 0 Å². The molecule has 0 spiro atoms. The summed E-state index contributed by atoms with van der Waals surface area (Å²) >= 11 is 0. The molecule has 0 fully saturated rings. The number of fused-ring (bicyclic) bond motifs is 1. The zero-order chi connectivity index (χ0) is 13.5. The quantitative estimate of drug-likeness (QED) is 0.649. The van der Waals surface area contributed by atoms with Crippen LogP contribution in [0.1, 0.15) is 70.3 Å². The standard InChI is InChI=1S/C16H25N3/c1-3-5-6-7-9-14(8-4-2)15-10-11-16-18-17-13-19(16)12-15/h10-14H,3-9H2,1-2H3. The van der Waals surface area contributed by atoms with E-state index in [1.807, 2.05) is 4.40 Å². The Morgan fingerprint density at radius 1 is 1.05 bits per heavy atom. The summed E-state index contributed by atoms with van der Waals surface area (Å²) in [4.78, 5) is 0. The molecule has 0 aromatic carbocycles. The van der Waals surface area contributed by atoms with E-state index in [0.717, 1.165) is 5.65 Å². The zero-order valence-corrected chi connectivity index (χ0v) is 12.2. The molecule has 3 heteroatoms. The normalized spacial score (nSPS) is 12.9. The largest absolute Gasteiger partial charge is 0.289 e. The lowest BCUT2D eigenvalue weighted by Crippen LogP contribution is -2.01. The van der Waals surface area contributed by atoms with E-state index in [0.29, 0.717) is 5.92 Å². The molecule has 0 aliphatic rings. The van der Waals surface area contributed by atoms with Crippen molar-refractivity contribution in [2.45, 2.75) is 64.7 Å². The van der Waals surface area contributed by atoms with Gasteiger partial charge in [0.1, 0.15) is 6.33 Å². The van der Waals surface area contributed by atoms with E-state index < -0.39 is 0 Å². The smallest absolute Gasteiger partial charge is 0.160 e. The molecule has 1 atom stereocenters. The Morgan fingerprint density at radius 2 is 1.95 bits per heavy atom. The minimum atomic E-state index is 0.689. The van der Waals surface area contributed by atoms with Crippen molar-refractivity contribution in [3.05, 3.63) is 30.2 Å². The molecule has 104 valence electrons. The molecular formula is C16H25N3. The van der Waals surface area contributed by atoms with Crippen LogP contribution < -0.4 is 0 Å². The fraction of sp³-hybridized carbons (Fsp3) is 0.625. The van der Waals surface area contributed by atoms with Gasteiger partial charge in [0.2, 0.25) is 0 Å². The Morgan fingerprint density at radius 3 is 2.74 bits per heavy atom. The summed E-state index contributed by atoms with van der Waals surface area (Å²) in [6, 6.07) is 4.31. The number of unbranched alkanes of at least 4 members (excludes halogenated alkanes) is 3. The third kappa shape index (κ3) is 3.79. The van der Waals surface area contributed by atoms with Crippen LogP contribution in [0.15, 0.2) is 24.7 Å². The summed E-state index contributed by atoms with van der Waals surface area (Å²) in [5, 5.41) is 8.01. The minimum absolute atomic E-state index is 0.689. The van der Waals surface area contributed by atoms with Crippen molar-refractivity contribution in [1.29, 1.82) is 0 Å². The van der Waals surface area contributed by atoms with E-state index in [1.54, 1.807) is 6.33 Å². The number of rotatable bonds is 8. The van der Waals surface area contributed by atoms with E-state index >= 15 is 0 Å². The summed E-state index contributed by atoms with van der Waals surface area (Å²) in [6.07, 6.45) is 13.2. The molecule has 2 rings (SSSR count). The minimum Gasteiger partial charge on any atom is -0.289 e. The maximum Gasteiger partial charge on any atom is 0.160 e. The molecule has 0 radical (unpaired) electrons. The zero-order valence-electron chi connectivity index (χ0n) is 12.2. The van der Waals surface area contributed by atoms with Gasteiger partial charge in [0.15, 0.2) is 5.65 Å². The summed E-state index contributed by atoms with van der Waals surface area (Å²) in [6.45, 7) is 4.54. The fourth-order valence-electron chi connectivity index (χ4n) is 2.73. The average molecular weight is 259 g/mol. The van der Waals surface area contributed by atoms with Crippen LogP contribution in [-0.2, 0) is 0 Å². The molecule has 0 aliphatic carbocycles. The van der Waals surface area contributed by atoms with E-state index in [2.05, 4.69) is 42.4 Å². The Balaban J connectivity index is 2.03. The van der Waals surface area contributed by atoms with Gasteiger partial charge >= 0.3 is 0 Å². The highest BCUT2D eigenvalue weighted by Crippen LogP contribution is 2.27. The van der Waals surface area contributed by atoms with Gasteiger partial charge < -0.3 is 0 Å². The molecule has 3 nitrogen and oxygen atoms in total. The molecule has 2 aromatic rings. The van der Waals surface area contributed by atoms with Crippen molar-refractivity contribution in [3.63, 3.8) is 0 Å². The third-order valence-electron chi connectivity index (χ3n) is 3.83. The molecule has 0 bridgehead atoms. The molecule has 0 saturated heterocycles. The topological polar surface area (TPSA) is 30.2 Å². The summed E-state index contributed by atoms with van der Waals surface area (Å²) < 4.78 is 2.03. The Hall–Kier alpha value is -1.38. The predicted molar refractivity (Wildman–Crippen MR) is 79.4 cm³/mol. The number of hydrogen-bond acceptors (Lipinski definition) is 2. The van der Waals surface area contributed by atoms with Gasteiger partial charge in [0.05, 0.1) is 0 Å². The van der Waals surface area contributed by atoms with Crippen LogP contribution >= 0.6 is 0 Å². The first-order valence-electron chi connectivity index (χ1n) is 7.64. The summed E-state index contributed by atoms with van der Waals surface area (Å²) in [7, 11) is 0. The van der Waals surface area contributed by atoms with Crippen LogP contribution in [0.3, 0.4) is 0 Å². The first kappa shape index (κ1) is 14.0. The Bertz CT molecular complexity index is 489. The van der Waals surface area contributed by atoms with Gasteiger partial charge in [-0.25, -0.2) is 0 Å². The summed E-state index contributed by atoms with van der Waals surface area (Å²) in [5.74, 6) is 0.689. The maximum absolute atomic E-state index is 4.06. The highest BCUT2D eigenvalue weighted by atomic mass is 15.2. The second-order valence-electron chi connectivity index (χ2n) is 5.39. The first-order chi connectivity index (χ1) is 9.35. The number of nitrogens with zero attached hydrogens (tertiary/aromatic N) is 3. The molecule has 2 heterocycles. The highest BCUT2D eigenvalue weighted by molar-refractivity contribution is 5.38. The lowest BCUT2D eigenvalue weighted by atomic mass is 9.90. The third-order valence-corrected chi connectivity index (χ3v) is 3.83. The number of hydrogen-bond donors (Lipinski definition) is 0. The predicted octanol–water partition coefficient (Wildman–Crippen LogP) is 4.58. The van der Waals surface area contributed by atoms with Crippen molar-refractivity contribution in [2.24, 2.45) is 0 Å². The van der Waals surface area contributed by atoms with Crippen molar-refractivity contribution >= 4 is 5.65 Å². The van der Waals surface area contributed by atoms with E-state index in [1.165, 1.54) is 50.5 Å². The van der Waals surface area contributed by atoms with E-state index in [-0.39, 0.29) is 0 Å². The van der Waals surface area contributed by atoms with E-state index in [4.69, 9.17) is 0 Å². The average Bonchev–Trinajstić information content (AvgIpc) is 2.89. The van der Waals surface area contributed by atoms with Gasteiger partial charge in [-0.1, -0.05) is 52.0 Å². The molecule has 1 unspecified atom stereocenters. The molecular weight excluding hydrogens is 234 g/mol. The Labute approximate surface area is 116 Å². The van der Waals surface area contributed by atoms with Gasteiger partial charge in [0, 0.05) is 6.20 Å². The van der Waals surface area contributed by atoms with Gasteiger partial charge in [-0.15, -0.1) is 10.2 Å². The van der Waals surface area contributed by atoms with Crippen molar-refractivity contribution in [3.8, 4) is 0 Å². The lowest BCUT2D eigenvalue weighted by molar-refractivity contribution is 0.520. The second kappa shape index (κ2) is 7.27. The number of pyridine rings is 1. The molecule has 19 heavy (non-hydrogen) atoms. The van der Waals surface area contributed by atoms with Crippen LogP contribution in [0.4, 0.5) is 0 Å². The fourth-order valence-corrected chi connectivity index (χ4v) is 2.73. The lowest BCUT2D eigenvalue weighted by Gasteiger charge is -2.16. The van der Waals surface area contributed by atoms with Crippen LogP contribution in [0.5, 0.6) is 0 Å². The van der Waals surface area contributed by atoms with Crippen LogP contribution in [0, 0.1) is 0 Å². The highest BCUT2D eigenvalue weighted by Gasteiger charge is 2.11. The van der Waals surface area contributed by atoms with Crippen LogP contribution in [-0.4, -0.2) is 14.6 Å². The van der Waals surface area contributed by atoms with Gasteiger partial charge in [0.25, 0.3) is 0 Å². The molecule has 0 aliphatic heterocycles. The van der Waals surface area contributed by atoms with Crippen LogP contribution in [0.25, 0.3) is 5.65 Å². The van der Waals surface area contributed by atoms with Crippen molar-refractivity contribution in [1.82, 2.24) is 14.6 Å². The van der Waals surface area contributed by atoms with E-state index in [9.17, 15) is 0 Å². The summed E-state index contributed by atoms with van der Waals surface area (Å²) in [5.41, 5.74) is 2.37. The molecule has 0 amide bonds. The first-order valence-corrected chi connectivity index (χ1v) is 7.64. The van der Waals surface area contributed by atoms with Gasteiger partial charge in [-0.05, 0) is 30.4 Å². The SMILES string of the molecule is CCCCCCC(CCC)c1ccc2nncn2c1. The Kier molecular flexibility index (Phi) is 5.37. The van der Waals surface area contributed by atoms with Gasteiger partial charge in [-0.3, -0.25) is 4.40 Å². The van der Waals surface area contributed by atoms with Crippen LogP contribution in [0.2, 0.25) is 0 Å². The van der Waals surface area contributed by atoms with Gasteiger partial charge in [-0.2, -0.15) is 0 Å². The molecule has 2 aromatic heterocycles. The second-order valence-corrected chi connectivity index (χ2v) is 5.39. The molecule has 0 saturated carbocycles. The monoisotopic (exact) mass is 259 g/mol. The number of aromatic nitrogens is 3. The van der Waals surface area contributed by atoms with Crippen molar-refractivity contribution in [2.75, 3.05) is 0 Å². The maximum atomic E-state index is 4.06. The molecule has 0 N–H and O–H groups in total.